The zero-order chi connectivity index (χ0) is 25.2. The summed E-state index contributed by atoms with van der Waals surface area (Å²) in [6, 6.07) is -3.16. The van der Waals surface area contributed by atoms with Crippen molar-refractivity contribution in [3.05, 3.63) is 11.1 Å². The number of nitrogens with zero attached hydrogens (tertiary/aromatic N) is 4. The van der Waals surface area contributed by atoms with Gasteiger partial charge in [0, 0.05) is 18.2 Å². The standard InChI is InChI=1S/C15H16N6O11S2/c16-15-17-6(5-33-15)11(19-31-4-10(24)25)13(26)18-12-7(21(14(12)27)34(28,29)30)3-32-20-8(22)1-2-9(20)23/h5,7,12H,1-4H2,(H2,16,17)(H,18,26)(H,24,25)(H,28,29,30)/b19-11+. The minimum absolute atomic E-state index is 0.00153. The molecule has 3 heterocycles. The van der Waals surface area contributed by atoms with Crippen LogP contribution < -0.4 is 11.1 Å². The molecule has 0 radical (unpaired) electrons. The lowest BCUT2D eigenvalue weighted by Gasteiger charge is -2.43. The molecule has 5 N–H and O–H groups in total. The number of carbonyl (C=O) groups excluding carboxylic acids is 4. The molecule has 34 heavy (non-hydrogen) atoms. The monoisotopic (exact) mass is 520 g/mol. The van der Waals surface area contributed by atoms with Gasteiger partial charge in [-0.2, -0.15) is 13.5 Å². The van der Waals surface area contributed by atoms with Gasteiger partial charge in [0.1, 0.15) is 17.8 Å². The normalized spacial score (nSPS) is 21.0. The Kier molecular flexibility index (Phi) is 7.09. The second kappa shape index (κ2) is 9.67. The lowest BCUT2D eigenvalue weighted by atomic mass is 9.99. The van der Waals surface area contributed by atoms with Gasteiger partial charge in [-0.15, -0.1) is 11.3 Å². The zero-order valence-electron chi connectivity index (χ0n) is 16.8. The van der Waals surface area contributed by atoms with Gasteiger partial charge in [-0.05, 0) is 0 Å². The largest absolute Gasteiger partial charge is 0.479 e. The maximum atomic E-state index is 12.8. The Labute approximate surface area is 193 Å². The highest BCUT2D eigenvalue weighted by atomic mass is 32.2. The molecule has 2 fully saturated rings. The van der Waals surface area contributed by atoms with Crippen LogP contribution in [0.3, 0.4) is 0 Å². The maximum Gasteiger partial charge on any atom is 0.362 e. The molecule has 19 heteroatoms. The van der Waals surface area contributed by atoms with E-state index in [1.54, 1.807) is 0 Å². The summed E-state index contributed by atoms with van der Waals surface area (Å²) in [6.45, 7) is -1.68. The number of hydroxylamine groups is 2. The number of nitrogen functional groups attached to an aromatic ring is 1. The van der Waals surface area contributed by atoms with Crippen molar-refractivity contribution in [1.29, 1.82) is 0 Å². The Morgan fingerprint density at radius 3 is 2.47 bits per heavy atom. The minimum atomic E-state index is -5.08. The third-order valence-corrected chi connectivity index (χ3v) is 6.03. The number of hydrogen-bond donors (Lipinski definition) is 4. The van der Waals surface area contributed by atoms with E-state index in [2.05, 4.69) is 20.3 Å². The molecule has 0 aromatic carbocycles. The third kappa shape index (κ3) is 5.27. The Morgan fingerprint density at radius 2 is 1.94 bits per heavy atom. The molecule has 17 nitrogen and oxygen atoms in total. The molecule has 184 valence electrons. The first-order chi connectivity index (χ1) is 15.9. The Balaban J connectivity index is 1.79. The quantitative estimate of drug-likeness (QED) is 0.0796. The summed E-state index contributed by atoms with van der Waals surface area (Å²) in [4.78, 5) is 72.5. The number of nitrogens with one attached hydrogen (secondary N) is 1. The molecule has 1 aromatic heterocycles. The van der Waals surface area contributed by atoms with Gasteiger partial charge in [0.25, 0.3) is 23.6 Å². The van der Waals surface area contributed by atoms with Crippen LogP contribution in [-0.4, -0.2) is 93.0 Å². The van der Waals surface area contributed by atoms with Crippen LogP contribution in [0.15, 0.2) is 10.5 Å². The molecule has 0 bridgehead atoms. The van der Waals surface area contributed by atoms with Gasteiger partial charge in [-0.3, -0.25) is 28.6 Å². The maximum absolute atomic E-state index is 12.8. The molecule has 1 aromatic rings. The van der Waals surface area contributed by atoms with Crippen molar-refractivity contribution in [2.75, 3.05) is 18.9 Å². The van der Waals surface area contributed by atoms with Crippen LogP contribution in [0.2, 0.25) is 0 Å². The fraction of sp³-hybridized carbons (Fsp3) is 0.400. The topological polar surface area (TPSA) is 248 Å². The Morgan fingerprint density at radius 1 is 1.29 bits per heavy atom. The van der Waals surface area contributed by atoms with Crippen LogP contribution in [0.4, 0.5) is 5.13 Å². The van der Waals surface area contributed by atoms with Crippen molar-refractivity contribution < 1.29 is 51.7 Å². The summed E-state index contributed by atoms with van der Waals surface area (Å²) >= 11 is 0.913. The number of anilines is 1. The van der Waals surface area contributed by atoms with E-state index in [-0.39, 0.29) is 28.0 Å². The number of carboxylic acid groups (broad SMARTS) is 1. The number of carboxylic acids is 1. The molecule has 2 atom stereocenters. The van der Waals surface area contributed by atoms with Gasteiger partial charge in [0.15, 0.2) is 10.8 Å². The number of oxime groups is 1. The molecule has 4 amide bonds. The first-order valence-electron chi connectivity index (χ1n) is 9.13. The number of aromatic nitrogens is 1. The van der Waals surface area contributed by atoms with Gasteiger partial charge in [-0.1, -0.05) is 5.16 Å². The predicted molar refractivity (Wildman–Crippen MR) is 108 cm³/mol. The summed E-state index contributed by atoms with van der Waals surface area (Å²) in [5.74, 6) is -5.18. The molecular formula is C15H16N6O11S2. The highest BCUT2D eigenvalue weighted by Crippen LogP contribution is 2.25. The number of thiazole rings is 1. The van der Waals surface area contributed by atoms with E-state index >= 15 is 0 Å². The first kappa shape index (κ1) is 25.0. The van der Waals surface area contributed by atoms with E-state index in [0.717, 1.165) is 11.3 Å². The minimum Gasteiger partial charge on any atom is -0.479 e. The van der Waals surface area contributed by atoms with E-state index < -0.39 is 70.9 Å². The van der Waals surface area contributed by atoms with Crippen molar-refractivity contribution in [3.8, 4) is 0 Å². The second-order valence-corrected chi connectivity index (χ2v) is 8.86. The van der Waals surface area contributed by atoms with Gasteiger partial charge in [0.05, 0.1) is 6.61 Å². The van der Waals surface area contributed by atoms with Crippen LogP contribution in [0.5, 0.6) is 0 Å². The number of hydrogen-bond acceptors (Lipinski definition) is 13. The number of amides is 4. The molecule has 3 rings (SSSR count). The summed E-state index contributed by atoms with van der Waals surface area (Å²) in [6.07, 6.45) is -0.255. The molecule has 0 spiro atoms. The van der Waals surface area contributed by atoms with E-state index in [1.807, 2.05) is 0 Å². The number of carbonyl (C=O) groups is 5. The van der Waals surface area contributed by atoms with Crippen molar-refractivity contribution in [1.82, 2.24) is 19.7 Å². The summed E-state index contributed by atoms with van der Waals surface area (Å²) < 4.78 is 32.5. The highest BCUT2D eigenvalue weighted by Gasteiger charge is 2.55. The number of β-lactam (4-membered cyclic amide) rings is 1. The van der Waals surface area contributed by atoms with Crippen LogP contribution in [0, 0.1) is 0 Å². The Hall–Kier alpha value is -3.68. The lowest BCUT2D eigenvalue weighted by molar-refractivity contribution is -0.195. The molecule has 2 aliphatic heterocycles. The highest BCUT2D eigenvalue weighted by molar-refractivity contribution is 7.84. The van der Waals surface area contributed by atoms with Crippen molar-refractivity contribution in [3.63, 3.8) is 0 Å². The number of aliphatic carboxylic acids is 1. The van der Waals surface area contributed by atoms with Gasteiger partial charge in [0.2, 0.25) is 6.61 Å². The van der Waals surface area contributed by atoms with Crippen molar-refractivity contribution in [2.24, 2.45) is 5.16 Å². The van der Waals surface area contributed by atoms with Gasteiger partial charge in [-0.25, -0.2) is 14.1 Å². The fourth-order valence-corrected chi connectivity index (χ4v) is 4.35. The predicted octanol–water partition coefficient (Wildman–Crippen LogP) is -2.89. The molecule has 0 aliphatic carbocycles. The van der Waals surface area contributed by atoms with E-state index in [0.29, 0.717) is 5.06 Å². The van der Waals surface area contributed by atoms with Crippen LogP contribution in [0.25, 0.3) is 0 Å². The second-order valence-electron chi connectivity index (χ2n) is 6.69. The van der Waals surface area contributed by atoms with E-state index in [1.165, 1.54) is 5.38 Å². The summed E-state index contributed by atoms with van der Waals surface area (Å²) in [7, 11) is -5.08. The molecular weight excluding hydrogens is 504 g/mol. The van der Waals surface area contributed by atoms with Crippen LogP contribution in [0.1, 0.15) is 18.5 Å². The smallest absolute Gasteiger partial charge is 0.362 e. The lowest BCUT2D eigenvalue weighted by Crippen LogP contribution is -2.73. The molecule has 2 saturated heterocycles. The number of imide groups is 1. The molecule has 2 aliphatic rings. The number of nitrogens with two attached hydrogens (primary N) is 1. The number of rotatable bonds is 10. The average molecular weight is 520 g/mol. The third-order valence-electron chi connectivity index (χ3n) is 4.41. The van der Waals surface area contributed by atoms with Crippen molar-refractivity contribution in [2.45, 2.75) is 24.9 Å². The molecule has 2 unspecified atom stereocenters. The SMILES string of the molecule is Nc1nc(/C(=N\OCC(=O)O)C(=O)NC2C(=O)N(S(=O)(=O)O)C2CON2C(=O)CCC2=O)cs1. The van der Waals surface area contributed by atoms with Crippen LogP contribution >= 0.6 is 11.3 Å². The fourth-order valence-electron chi connectivity index (χ4n) is 2.94. The summed E-state index contributed by atoms with van der Waals surface area (Å²) in [5, 5.41) is 15.9. The molecule has 0 saturated carbocycles. The first-order valence-corrected chi connectivity index (χ1v) is 11.4. The average Bonchev–Trinajstić information content (AvgIpc) is 3.30. The van der Waals surface area contributed by atoms with E-state index in [9.17, 15) is 36.9 Å². The zero-order valence-corrected chi connectivity index (χ0v) is 18.4. The van der Waals surface area contributed by atoms with E-state index in [4.69, 9.17) is 15.7 Å². The van der Waals surface area contributed by atoms with Gasteiger partial charge >= 0.3 is 16.3 Å². The van der Waals surface area contributed by atoms with Gasteiger partial charge < -0.3 is 21.0 Å². The van der Waals surface area contributed by atoms with Crippen molar-refractivity contribution >= 4 is 62.1 Å². The van der Waals surface area contributed by atoms with Crippen LogP contribution in [-0.2, 0) is 44.0 Å². The summed E-state index contributed by atoms with van der Waals surface area (Å²) in [5.41, 5.74) is 4.80. The Bertz CT molecular complexity index is 1160.